The molecule has 152 valence electrons. The van der Waals surface area contributed by atoms with Crippen molar-refractivity contribution >= 4 is 40.4 Å². The van der Waals surface area contributed by atoms with Crippen LogP contribution in [0.15, 0.2) is 42.5 Å². The van der Waals surface area contributed by atoms with Gasteiger partial charge in [-0.2, -0.15) is 5.10 Å². The maximum Gasteiger partial charge on any atom is 0.176 e. The molecule has 2 N–H and O–H groups in total. The van der Waals surface area contributed by atoms with E-state index in [0.717, 1.165) is 11.3 Å². The van der Waals surface area contributed by atoms with Gasteiger partial charge in [-0.1, -0.05) is 17.7 Å². The van der Waals surface area contributed by atoms with Gasteiger partial charge in [0.25, 0.3) is 0 Å². The average Bonchev–Trinajstić information content (AvgIpc) is 3.02. The van der Waals surface area contributed by atoms with E-state index in [1.165, 1.54) is 12.1 Å². The van der Waals surface area contributed by atoms with Gasteiger partial charge in [0.15, 0.2) is 10.9 Å². The third kappa shape index (κ3) is 5.16. The molecule has 0 aliphatic rings. The van der Waals surface area contributed by atoms with Crippen LogP contribution in [-0.4, -0.2) is 29.1 Å². The molecular weight excluding hydrogens is 415 g/mol. The van der Waals surface area contributed by atoms with Crippen molar-refractivity contribution in [2.75, 3.05) is 24.9 Å². The molecule has 0 bridgehead atoms. The summed E-state index contributed by atoms with van der Waals surface area (Å²) in [4.78, 5) is 0. The van der Waals surface area contributed by atoms with Crippen LogP contribution in [0, 0.1) is 12.7 Å². The molecule has 0 radical (unpaired) electrons. The summed E-state index contributed by atoms with van der Waals surface area (Å²) in [6, 6.07) is 11.5. The van der Waals surface area contributed by atoms with Crippen LogP contribution in [-0.2, 0) is 6.54 Å². The number of thiocarbonyl (C=S) groups is 1. The standard InChI is InChI=1S/C20H20ClFN4O2S/c1-12-8-19(25-26(12)11-13-4-5-14(22)9-16(13)21)24-20(29)23-17-7-6-15(27-2)10-18(17)28-3/h4-10H,11H2,1-3H3,(H2,23,24,25,29). The normalized spacial score (nSPS) is 10.5. The van der Waals surface area contributed by atoms with Gasteiger partial charge in [-0.3, -0.25) is 4.68 Å². The molecular formula is C20H20ClFN4O2S. The van der Waals surface area contributed by atoms with Gasteiger partial charge in [0.1, 0.15) is 17.3 Å². The van der Waals surface area contributed by atoms with Crippen molar-refractivity contribution < 1.29 is 13.9 Å². The fraction of sp³-hybridized carbons (Fsp3) is 0.200. The fourth-order valence-corrected chi connectivity index (χ4v) is 3.16. The van der Waals surface area contributed by atoms with Gasteiger partial charge in [-0.25, -0.2) is 4.39 Å². The number of benzene rings is 2. The third-order valence-electron chi connectivity index (χ3n) is 4.21. The first-order chi connectivity index (χ1) is 13.9. The predicted octanol–water partition coefficient (Wildman–Crippen LogP) is 4.86. The minimum Gasteiger partial charge on any atom is -0.497 e. The molecule has 0 aliphatic carbocycles. The lowest BCUT2D eigenvalue weighted by Crippen LogP contribution is -2.20. The van der Waals surface area contributed by atoms with E-state index in [4.69, 9.17) is 33.3 Å². The van der Waals surface area contributed by atoms with E-state index < -0.39 is 0 Å². The van der Waals surface area contributed by atoms with Crippen molar-refractivity contribution in [1.82, 2.24) is 9.78 Å². The summed E-state index contributed by atoms with van der Waals surface area (Å²) in [6.45, 7) is 2.33. The molecule has 0 saturated carbocycles. The van der Waals surface area contributed by atoms with Gasteiger partial charge in [-0.15, -0.1) is 0 Å². The zero-order valence-electron chi connectivity index (χ0n) is 16.1. The first kappa shape index (κ1) is 20.9. The number of anilines is 2. The number of ether oxygens (including phenoxy) is 2. The van der Waals surface area contributed by atoms with Crippen molar-refractivity contribution in [3.8, 4) is 11.5 Å². The number of nitrogens with one attached hydrogen (secondary N) is 2. The van der Waals surface area contributed by atoms with E-state index >= 15 is 0 Å². The number of hydrogen-bond donors (Lipinski definition) is 2. The highest BCUT2D eigenvalue weighted by molar-refractivity contribution is 7.80. The number of halogens is 2. The van der Waals surface area contributed by atoms with E-state index in [1.54, 1.807) is 37.1 Å². The predicted molar refractivity (Wildman–Crippen MR) is 117 cm³/mol. The van der Waals surface area contributed by atoms with Crippen molar-refractivity contribution in [2.45, 2.75) is 13.5 Å². The average molecular weight is 435 g/mol. The summed E-state index contributed by atoms with van der Waals surface area (Å²) in [5.74, 6) is 1.48. The zero-order chi connectivity index (χ0) is 21.0. The Morgan fingerprint density at radius 3 is 2.62 bits per heavy atom. The molecule has 0 atom stereocenters. The van der Waals surface area contributed by atoms with Crippen LogP contribution in [0.2, 0.25) is 5.02 Å². The van der Waals surface area contributed by atoms with E-state index in [2.05, 4.69) is 15.7 Å². The third-order valence-corrected chi connectivity index (χ3v) is 4.77. The van der Waals surface area contributed by atoms with Crippen LogP contribution in [0.25, 0.3) is 0 Å². The quantitative estimate of drug-likeness (QED) is 0.540. The molecule has 3 rings (SSSR count). The highest BCUT2D eigenvalue weighted by Gasteiger charge is 2.11. The van der Waals surface area contributed by atoms with Gasteiger partial charge in [0, 0.05) is 22.8 Å². The van der Waals surface area contributed by atoms with Crippen LogP contribution in [0.1, 0.15) is 11.3 Å². The van der Waals surface area contributed by atoms with E-state index in [1.807, 2.05) is 19.1 Å². The van der Waals surface area contributed by atoms with E-state index in [-0.39, 0.29) is 5.82 Å². The van der Waals surface area contributed by atoms with E-state index in [0.29, 0.717) is 39.7 Å². The Balaban J connectivity index is 1.69. The number of nitrogens with zero attached hydrogens (tertiary/aromatic N) is 2. The second-order valence-corrected chi connectivity index (χ2v) is 7.03. The Hall–Kier alpha value is -2.84. The Bertz CT molecular complexity index is 1040. The summed E-state index contributed by atoms with van der Waals surface area (Å²) in [5.41, 5.74) is 2.37. The molecule has 6 nitrogen and oxygen atoms in total. The first-order valence-electron chi connectivity index (χ1n) is 8.68. The van der Waals surface area contributed by atoms with E-state index in [9.17, 15) is 4.39 Å². The molecule has 0 saturated heterocycles. The molecule has 29 heavy (non-hydrogen) atoms. The van der Waals surface area contributed by atoms with Crippen LogP contribution >= 0.6 is 23.8 Å². The molecule has 0 unspecified atom stereocenters. The maximum atomic E-state index is 13.2. The molecule has 1 heterocycles. The van der Waals surface area contributed by atoms with Crippen molar-refractivity contribution in [1.29, 1.82) is 0 Å². The number of rotatable bonds is 6. The molecule has 3 aromatic rings. The topological polar surface area (TPSA) is 60.3 Å². The molecule has 0 spiro atoms. The summed E-state index contributed by atoms with van der Waals surface area (Å²) in [6.07, 6.45) is 0. The molecule has 0 amide bonds. The minimum atomic E-state index is -0.372. The largest absolute Gasteiger partial charge is 0.497 e. The van der Waals surface area contributed by atoms with Crippen molar-refractivity contribution in [2.24, 2.45) is 0 Å². The lowest BCUT2D eigenvalue weighted by molar-refractivity contribution is 0.395. The smallest absolute Gasteiger partial charge is 0.176 e. The molecule has 1 aromatic heterocycles. The van der Waals surface area contributed by atoms with Gasteiger partial charge < -0.3 is 20.1 Å². The Morgan fingerprint density at radius 1 is 1.14 bits per heavy atom. The van der Waals surface area contributed by atoms with Crippen LogP contribution < -0.4 is 20.1 Å². The number of aromatic nitrogens is 2. The number of aryl methyl sites for hydroxylation is 1. The Labute approximate surface area is 178 Å². The number of hydrogen-bond acceptors (Lipinski definition) is 4. The Kier molecular flexibility index (Phi) is 6.56. The van der Waals surface area contributed by atoms with Crippen molar-refractivity contribution in [3.63, 3.8) is 0 Å². The molecule has 0 aliphatic heterocycles. The summed E-state index contributed by atoms with van der Waals surface area (Å²) >= 11 is 11.5. The van der Waals surface area contributed by atoms with Gasteiger partial charge in [-0.05, 0) is 49.0 Å². The van der Waals surface area contributed by atoms with Crippen LogP contribution in [0.4, 0.5) is 15.9 Å². The summed E-state index contributed by atoms with van der Waals surface area (Å²) in [7, 11) is 3.16. The van der Waals surface area contributed by atoms with Crippen LogP contribution in [0.3, 0.4) is 0 Å². The van der Waals surface area contributed by atoms with Crippen molar-refractivity contribution in [3.05, 3.63) is 64.6 Å². The van der Waals surface area contributed by atoms with Gasteiger partial charge in [0.2, 0.25) is 0 Å². The van der Waals surface area contributed by atoms with Gasteiger partial charge in [0.05, 0.1) is 26.5 Å². The summed E-state index contributed by atoms with van der Waals surface area (Å²) < 4.78 is 25.5. The SMILES string of the molecule is COc1ccc(NC(=S)Nc2cc(C)n(Cc3ccc(F)cc3Cl)n2)c(OC)c1. The highest BCUT2D eigenvalue weighted by atomic mass is 35.5. The lowest BCUT2D eigenvalue weighted by Gasteiger charge is -2.13. The second-order valence-electron chi connectivity index (χ2n) is 6.21. The maximum absolute atomic E-state index is 13.2. The lowest BCUT2D eigenvalue weighted by atomic mass is 10.2. The van der Waals surface area contributed by atoms with Crippen LogP contribution in [0.5, 0.6) is 11.5 Å². The minimum absolute atomic E-state index is 0.359. The zero-order valence-corrected chi connectivity index (χ0v) is 17.7. The fourth-order valence-electron chi connectivity index (χ4n) is 2.71. The Morgan fingerprint density at radius 2 is 1.93 bits per heavy atom. The highest BCUT2D eigenvalue weighted by Crippen LogP contribution is 2.29. The second kappa shape index (κ2) is 9.11. The summed E-state index contributed by atoms with van der Waals surface area (Å²) in [5, 5.41) is 11.3. The first-order valence-corrected chi connectivity index (χ1v) is 9.46. The molecule has 9 heteroatoms. The monoisotopic (exact) mass is 434 g/mol. The number of methoxy groups -OCH3 is 2. The van der Waals surface area contributed by atoms with Gasteiger partial charge >= 0.3 is 0 Å². The molecule has 2 aromatic carbocycles. The molecule has 0 fully saturated rings.